The highest BCUT2D eigenvalue weighted by Crippen LogP contribution is 2.42. The second kappa shape index (κ2) is 22.6. The van der Waals surface area contributed by atoms with Crippen molar-refractivity contribution in [3.63, 3.8) is 0 Å². The van der Waals surface area contributed by atoms with E-state index in [1.807, 2.05) is 12.1 Å². The maximum atomic E-state index is 14.7. The molecule has 8 atom stereocenters. The lowest BCUT2D eigenvalue weighted by atomic mass is 9.73. The SMILES string of the molecule is C[C@@H]1CC(c2ccncc2CC(=O)c2ccc(F)c(-c3c(F)cc([S@@](C)=O)cc3F)n2)C[C@H](C)C1.C[C@@H]1CC(c2ccncc2CC(=O)c2ccc(F)c(-c3c(F)cc([S@](C)=O)cc3F)n2)C[C@H](C)C1. The monoisotopic (exact) mass is 1000 g/mol. The van der Waals surface area contributed by atoms with E-state index >= 15 is 0 Å². The van der Waals surface area contributed by atoms with E-state index in [-0.39, 0.29) is 34.0 Å². The standard InChI is InChI=1S/2C27H27F3N2O2S/c2*1-15-8-16(2)10-17(9-15)20-6-7-31-14-18(20)11-25(33)24-5-4-21(28)27(32-24)26-22(29)12-19(35(3)34)13-23(26)30/h2*4-7,12-17H,8-11H2,1-3H3/t2*15-,16+,17?,35-/m10/s1. The molecule has 16 heteroatoms. The van der Waals surface area contributed by atoms with Crippen LogP contribution in [0.5, 0.6) is 0 Å². The van der Waals surface area contributed by atoms with Crippen LogP contribution in [0, 0.1) is 58.6 Å². The molecule has 8 nitrogen and oxygen atoms in total. The van der Waals surface area contributed by atoms with Gasteiger partial charge in [-0.05, 0) is 157 Å². The van der Waals surface area contributed by atoms with Crippen molar-refractivity contribution >= 4 is 33.2 Å². The molecule has 70 heavy (non-hydrogen) atoms. The Labute approximate surface area is 409 Å². The highest BCUT2D eigenvalue weighted by molar-refractivity contribution is 7.84. The van der Waals surface area contributed by atoms with Crippen LogP contribution < -0.4 is 0 Å². The Bertz CT molecular complexity index is 2730. The summed E-state index contributed by atoms with van der Waals surface area (Å²) in [5.74, 6) is -4.12. The van der Waals surface area contributed by atoms with E-state index in [4.69, 9.17) is 0 Å². The maximum Gasteiger partial charge on any atom is 0.185 e. The van der Waals surface area contributed by atoms with Gasteiger partial charge in [0, 0.05) is 81.5 Å². The summed E-state index contributed by atoms with van der Waals surface area (Å²) >= 11 is 0. The highest BCUT2D eigenvalue weighted by Gasteiger charge is 2.30. The summed E-state index contributed by atoms with van der Waals surface area (Å²) in [5.41, 5.74) is 0.946. The van der Waals surface area contributed by atoms with Crippen LogP contribution in [0.4, 0.5) is 26.3 Å². The van der Waals surface area contributed by atoms with Crippen molar-refractivity contribution in [2.24, 2.45) is 23.7 Å². The Balaban J connectivity index is 0.000000206. The van der Waals surface area contributed by atoms with E-state index in [0.29, 0.717) is 35.5 Å². The average molecular weight is 1000 g/mol. The van der Waals surface area contributed by atoms with Crippen molar-refractivity contribution in [1.82, 2.24) is 19.9 Å². The van der Waals surface area contributed by atoms with E-state index in [9.17, 15) is 44.3 Å². The van der Waals surface area contributed by atoms with E-state index in [1.54, 1.807) is 24.8 Å². The third-order valence-corrected chi connectivity index (χ3v) is 15.1. The van der Waals surface area contributed by atoms with Gasteiger partial charge >= 0.3 is 0 Å². The van der Waals surface area contributed by atoms with Crippen molar-refractivity contribution < 1.29 is 44.3 Å². The molecule has 368 valence electrons. The van der Waals surface area contributed by atoms with Crippen molar-refractivity contribution in [3.05, 3.63) is 154 Å². The fourth-order valence-electron chi connectivity index (χ4n) is 10.3. The second-order valence-corrected chi connectivity index (χ2v) is 21.8. The number of carbonyl (C=O) groups is 2. The quantitative estimate of drug-likeness (QED) is 0.0878. The number of pyridine rings is 4. The molecule has 2 saturated carbocycles. The maximum absolute atomic E-state index is 14.7. The third-order valence-electron chi connectivity index (χ3n) is 13.3. The van der Waals surface area contributed by atoms with Crippen LogP contribution in [0.2, 0.25) is 0 Å². The minimum atomic E-state index is -1.62. The van der Waals surface area contributed by atoms with E-state index in [0.717, 1.165) is 84.3 Å². The fraction of sp³-hybridized carbons (Fsp3) is 0.370. The number of ketones is 2. The van der Waals surface area contributed by atoms with Gasteiger partial charge in [0.2, 0.25) is 0 Å². The van der Waals surface area contributed by atoms with Crippen LogP contribution in [0.1, 0.15) is 121 Å². The summed E-state index contributed by atoms with van der Waals surface area (Å²) in [4.78, 5) is 42.6. The smallest absolute Gasteiger partial charge is 0.185 e. The van der Waals surface area contributed by atoms with Crippen LogP contribution >= 0.6 is 0 Å². The van der Waals surface area contributed by atoms with Crippen molar-refractivity contribution in [2.45, 2.75) is 101 Å². The molecule has 2 fully saturated rings. The molecule has 4 aromatic heterocycles. The van der Waals surface area contributed by atoms with Gasteiger partial charge in [-0.25, -0.2) is 36.3 Å². The zero-order valence-electron chi connectivity index (χ0n) is 39.7. The van der Waals surface area contributed by atoms with Crippen molar-refractivity contribution in [3.8, 4) is 22.5 Å². The molecule has 2 unspecified atom stereocenters. The molecule has 0 bridgehead atoms. The third kappa shape index (κ3) is 12.2. The molecule has 0 radical (unpaired) electrons. The summed E-state index contributed by atoms with van der Waals surface area (Å²) in [6.07, 6.45) is 15.9. The number of benzene rings is 2. The van der Waals surface area contributed by atoms with Crippen LogP contribution in [-0.2, 0) is 34.4 Å². The Morgan fingerprint density at radius 3 is 1.14 bits per heavy atom. The topological polar surface area (TPSA) is 120 Å². The predicted molar refractivity (Wildman–Crippen MR) is 258 cm³/mol. The summed E-state index contributed by atoms with van der Waals surface area (Å²) in [6, 6.07) is 11.8. The lowest BCUT2D eigenvalue weighted by Gasteiger charge is -2.32. The summed E-state index contributed by atoms with van der Waals surface area (Å²) < 4.78 is 111. The first-order valence-corrected chi connectivity index (χ1v) is 26.3. The number of hydrogen-bond acceptors (Lipinski definition) is 8. The summed E-state index contributed by atoms with van der Waals surface area (Å²) in [5, 5.41) is 0. The van der Waals surface area contributed by atoms with Crippen LogP contribution in [0.3, 0.4) is 0 Å². The largest absolute Gasteiger partial charge is 0.292 e. The second-order valence-electron chi connectivity index (χ2n) is 19.1. The van der Waals surface area contributed by atoms with E-state index in [1.165, 1.54) is 37.5 Å². The van der Waals surface area contributed by atoms with Crippen LogP contribution in [0.15, 0.2) is 95.2 Å². The first-order valence-electron chi connectivity index (χ1n) is 23.2. The zero-order valence-corrected chi connectivity index (χ0v) is 41.3. The fourth-order valence-corrected chi connectivity index (χ4v) is 11.4. The van der Waals surface area contributed by atoms with Gasteiger partial charge in [-0.2, -0.15) is 0 Å². The Hall–Kier alpha value is -5.74. The minimum Gasteiger partial charge on any atom is -0.292 e. The molecule has 0 saturated heterocycles. The summed E-state index contributed by atoms with van der Waals surface area (Å²) in [6.45, 7) is 8.95. The Kier molecular flexibility index (Phi) is 16.8. The van der Waals surface area contributed by atoms with Gasteiger partial charge in [0.15, 0.2) is 11.6 Å². The van der Waals surface area contributed by atoms with Crippen LogP contribution in [0.25, 0.3) is 22.5 Å². The number of halogens is 6. The lowest BCUT2D eigenvalue weighted by Crippen LogP contribution is -2.20. The molecular formula is C54H54F6N4O4S2. The molecule has 0 amide bonds. The van der Waals surface area contributed by atoms with E-state index < -0.39 is 90.6 Å². The van der Waals surface area contributed by atoms with E-state index in [2.05, 4.69) is 47.6 Å². The lowest BCUT2D eigenvalue weighted by molar-refractivity contribution is 0.0979. The molecule has 4 heterocycles. The Morgan fingerprint density at radius 1 is 0.500 bits per heavy atom. The van der Waals surface area contributed by atoms with Gasteiger partial charge in [-0.3, -0.25) is 28.0 Å². The first-order chi connectivity index (χ1) is 33.3. The molecule has 6 aromatic rings. The number of Topliss-reactive ketones (excluding diaryl/α,β-unsaturated/α-hetero) is 2. The molecule has 2 aliphatic carbocycles. The summed E-state index contributed by atoms with van der Waals surface area (Å²) in [7, 11) is -3.23. The molecular weight excluding hydrogens is 947 g/mol. The first kappa shape index (κ1) is 52.1. The molecule has 0 spiro atoms. The molecule has 0 N–H and O–H groups in total. The zero-order chi connectivity index (χ0) is 50.6. The number of hydrogen-bond donors (Lipinski definition) is 0. The number of rotatable bonds is 12. The van der Waals surface area contributed by atoms with Crippen molar-refractivity contribution in [2.75, 3.05) is 12.5 Å². The average Bonchev–Trinajstić information content (AvgIpc) is 3.29. The molecule has 8 rings (SSSR count). The number of nitrogens with zero attached hydrogens (tertiary/aromatic N) is 4. The normalized spacial score (nSPS) is 21.0. The minimum absolute atomic E-state index is 0.000768. The van der Waals surface area contributed by atoms with Gasteiger partial charge in [0.05, 0.1) is 11.1 Å². The predicted octanol–water partition coefficient (Wildman–Crippen LogP) is 12.5. The van der Waals surface area contributed by atoms with Gasteiger partial charge in [-0.1, -0.05) is 27.7 Å². The molecule has 0 aliphatic heterocycles. The Morgan fingerprint density at radius 2 is 0.829 bits per heavy atom. The highest BCUT2D eigenvalue weighted by atomic mass is 32.2. The number of carbonyl (C=O) groups excluding carboxylic acids is 2. The van der Waals surface area contributed by atoms with Gasteiger partial charge in [0.1, 0.15) is 57.7 Å². The van der Waals surface area contributed by atoms with Crippen LogP contribution in [-0.4, -0.2) is 52.4 Å². The number of aromatic nitrogens is 4. The molecule has 2 aromatic carbocycles. The van der Waals surface area contributed by atoms with Crippen molar-refractivity contribution in [1.29, 1.82) is 0 Å². The van der Waals surface area contributed by atoms with Gasteiger partial charge in [0.25, 0.3) is 0 Å². The molecule has 2 aliphatic rings. The van der Waals surface area contributed by atoms with Gasteiger partial charge < -0.3 is 0 Å². The van der Waals surface area contributed by atoms with Gasteiger partial charge in [-0.15, -0.1) is 0 Å².